The zero-order valence-electron chi connectivity index (χ0n) is 14.5. The summed E-state index contributed by atoms with van der Waals surface area (Å²) in [5, 5.41) is 0. The van der Waals surface area contributed by atoms with Gasteiger partial charge in [0.2, 0.25) is 5.91 Å². The predicted octanol–water partition coefficient (Wildman–Crippen LogP) is 3.46. The zero-order valence-corrected chi connectivity index (χ0v) is 14.5. The number of imidazole rings is 1. The van der Waals surface area contributed by atoms with E-state index >= 15 is 0 Å². The summed E-state index contributed by atoms with van der Waals surface area (Å²) < 4.78 is 0. The number of nitrogens with zero attached hydrogens (tertiary/aromatic N) is 2. The number of aromatic nitrogens is 2. The van der Waals surface area contributed by atoms with Crippen LogP contribution in [0, 0.1) is 13.8 Å². The van der Waals surface area contributed by atoms with Crippen molar-refractivity contribution in [2.75, 3.05) is 13.1 Å². The number of fused-ring (bicyclic) bond motifs is 1. The van der Waals surface area contributed by atoms with Gasteiger partial charge in [0.15, 0.2) is 0 Å². The summed E-state index contributed by atoms with van der Waals surface area (Å²) in [6.45, 7) is 5.82. The molecule has 1 aromatic carbocycles. The topological polar surface area (TPSA) is 49.0 Å². The molecule has 1 fully saturated rings. The maximum Gasteiger partial charge on any atom is 0.231 e. The monoisotopic (exact) mass is 323 g/mol. The molecular weight excluding hydrogens is 298 g/mol. The van der Waals surface area contributed by atoms with E-state index in [9.17, 15) is 4.79 Å². The van der Waals surface area contributed by atoms with Gasteiger partial charge < -0.3 is 9.88 Å². The number of carbonyl (C=O) groups excluding carboxylic acids is 1. The molecule has 4 rings (SSSR count). The number of nitrogens with one attached hydrogen (secondary N) is 1. The van der Waals surface area contributed by atoms with Crippen molar-refractivity contribution in [3.8, 4) is 0 Å². The lowest BCUT2D eigenvalue weighted by Crippen LogP contribution is -2.34. The van der Waals surface area contributed by atoms with Crippen molar-refractivity contribution in [3.05, 3.63) is 52.6 Å². The molecule has 1 N–H and O–H groups in total. The van der Waals surface area contributed by atoms with E-state index in [0.717, 1.165) is 50.3 Å². The summed E-state index contributed by atoms with van der Waals surface area (Å²) >= 11 is 0. The van der Waals surface area contributed by atoms with Crippen LogP contribution in [-0.4, -0.2) is 33.9 Å². The summed E-state index contributed by atoms with van der Waals surface area (Å²) in [6, 6.07) is 8.70. The molecule has 1 aliphatic heterocycles. The number of carbonyl (C=O) groups is 1. The minimum absolute atomic E-state index is 0.0463. The Kier molecular flexibility index (Phi) is 3.91. The second kappa shape index (κ2) is 6.08. The predicted molar refractivity (Wildman–Crippen MR) is 94.1 cm³/mol. The van der Waals surface area contributed by atoms with Gasteiger partial charge in [-0.25, -0.2) is 4.98 Å². The fourth-order valence-electron chi connectivity index (χ4n) is 4.27. The molecule has 24 heavy (non-hydrogen) atoms. The van der Waals surface area contributed by atoms with Crippen molar-refractivity contribution in [1.29, 1.82) is 0 Å². The first kappa shape index (κ1) is 15.4. The Morgan fingerprint density at radius 2 is 2.17 bits per heavy atom. The van der Waals surface area contributed by atoms with Crippen LogP contribution in [0.15, 0.2) is 24.3 Å². The maximum atomic E-state index is 13.1. The average Bonchev–Trinajstić information content (AvgIpc) is 3.19. The highest BCUT2D eigenvalue weighted by molar-refractivity contribution is 5.84. The Hall–Kier alpha value is -2.10. The van der Waals surface area contributed by atoms with Crippen LogP contribution in [0.25, 0.3) is 0 Å². The van der Waals surface area contributed by atoms with E-state index in [4.69, 9.17) is 0 Å². The van der Waals surface area contributed by atoms with Crippen LogP contribution in [0.2, 0.25) is 0 Å². The number of hydrogen-bond donors (Lipinski definition) is 1. The maximum absolute atomic E-state index is 13.1. The summed E-state index contributed by atoms with van der Waals surface area (Å²) in [6.07, 6.45) is 4.09. The van der Waals surface area contributed by atoms with Gasteiger partial charge >= 0.3 is 0 Å². The molecule has 2 aliphatic rings. The first-order valence-corrected chi connectivity index (χ1v) is 9.02. The van der Waals surface area contributed by atoms with Gasteiger partial charge in [-0.2, -0.15) is 0 Å². The normalized spacial score (nSPS) is 23.3. The minimum Gasteiger partial charge on any atom is -0.346 e. The van der Waals surface area contributed by atoms with Gasteiger partial charge in [0, 0.05) is 24.7 Å². The molecule has 2 aromatic rings. The fraction of sp³-hybridized carbons (Fsp3) is 0.500. The van der Waals surface area contributed by atoms with Gasteiger partial charge in [-0.15, -0.1) is 0 Å². The van der Waals surface area contributed by atoms with Gasteiger partial charge in [-0.1, -0.05) is 29.8 Å². The highest BCUT2D eigenvalue weighted by Gasteiger charge is 2.35. The van der Waals surface area contributed by atoms with E-state index in [1.807, 2.05) is 6.92 Å². The number of rotatable bonds is 2. The van der Waals surface area contributed by atoms with Crippen molar-refractivity contribution in [2.24, 2.45) is 0 Å². The van der Waals surface area contributed by atoms with Crippen LogP contribution >= 0.6 is 0 Å². The van der Waals surface area contributed by atoms with Crippen LogP contribution in [0.5, 0.6) is 0 Å². The second-order valence-electron chi connectivity index (χ2n) is 7.31. The van der Waals surface area contributed by atoms with Gasteiger partial charge in [-0.05, 0) is 45.1 Å². The average molecular weight is 323 g/mol. The van der Waals surface area contributed by atoms with E-state index < -0.39 is 0 Å². The lowest BCUT2D eigenvalue weighted by Gasteiger charge is -2.26. The highest BCUT2D eigenvalue weighted by Crippen LogP contribution is 2.35. The molecular formula is C20H25N3O. The number of likely N-dealkylation sites (tertiary alicyclic amines) is 1. The lowest BCUT2D eigenvalue weighted by molar-refractivity contribution is -0.132. The van der Waals surface area contributed by atoms with Crippen molar-refractivity contribution in [3.63, 3.8) is 0 Å². The number of benzene rings is 1. The van der Waals surface area contributed by atoms with Crippen molar-refractivity contribution in [1.82, 2.24) is 14.9 Å². The SMILES string of the molecule is Cc1cccc(C2CCN(C(=O)C3CCCc4[nH]c(C)nc43)C2)c1. The van der Waals surface area contributed by atoms with Crippen molar-refractivity contribution >= 4 is 5.91 Å². The molecule has 126 valence electrons. The van der Waals surface area contributed by atoms with Crippen LogP contribution in [0.4, 0.5) is 0 Å². The summed E-state index contributed by atoms with van der Waals surface area (Å²) in [4.78, 5) is 23.1. The molecule has 1 amide bonds. The third-order valence-electron chi connectivity index (χ3n) is 5.49. The van der Waals surface area contributed by atoms with Crippen LogP contribution < -0.4 is 0 Å². The Labute approximate surface area is 143 Å². The Morgan fingerprint density at radius 1 is 1.29 bits per heavy atom. The molecule has 1 aliphatic carbocycles. The molecule has 0 saturated carbocycles. The molecule has 2 atom stereocenters. The Balaban J connectivity index is 1.50. The molecule has 0 bridgehead atoms. The Bertz CT molecular complexity index is 764. The Morgan fingerprint density at radius 3 is 3.00 bits per heavy atom. The first-order valence-electron chi connectivity index (χ1n) is 9.02. The largest absolute Gasteiger partial charge is 0.346 e. The highest BCUT2D eigenvalue weighted by atomic mass is 16.2. The van der Waals surface area contributed by atoms with Gasteiger partial charge in [-0.3, -0.25) is 4.79 Å². The van der Waals surface area contributed by atoms with Gasteiger partial charge in [0.1, 0.15) is 5.82 Å². The molecule has 1 aromatic heterocycles. The zero-order chi connectivity index (χ0) is 16.7. The van der Waals surface area contributed by atoms with E-state index in [0.29, 0.717) is 5.92 Å². The van der Waals surface area contributed by atoms with Gasteiger partial charge in [0.25, 0.3) is 0 Å². The number of aryl methyl sites for hydroxylation is 3. The van der Waals surface area contributed by atoms with E-state index in [-0.39, 0.29) is 11.8 Å². The molecule has 4 nitrogen and oxygen atoms in total. The smallest absolute Gasteiger partial charge is 0.231 e. The molecule has 2 unspecified atom stereocenters. The van der Waals surface area contributed by atoms with Gasteiger partial charge in [0.05, 0.1) is 11.6 Å². The third kappa shape index (κ3) is 2.74. The molecule has 1 saturated heterocycles. The molecule has 4 heteroatoms. The summed E-state index contributed by atoms with van der Waals surface area (Å²) in [7, 11) is 0. The van der Waals surface area contributed by atoms with E-state index in [1.165, 1.54) is 16.8 Å². The third-order valence-corrected chi connectivity index (χ3v) is 5.49. The molecule has 0 radical (unpaired) electrons. The number of amides is 1. The van der Waals surface area contributed by atoms with E-state index in [2.05, 4.69) is 46.1 Å². The minimum atomic E-state index is -0.0463. The summed E-state index contributed by atoms with van der Waals surface area (Å²) in [5.41, 5.74) is 4.83. The number of hydrogen-bond acceptors (Lipinski definition) is 2. The molecule has 2 heterocycles. The van der Waals surface area contributed by atoms with Crippen molar-refractivity contribution in [2.45, 2.75) is 51.4 Å². The lowest BCUT2D eigenvalue weighted by atomic mass is 9.89. The van der Waals surface area contributed by atoms with Crippen molar-refractivity contribution < 1.29 is 4.79 Å². The van der Waals surface area contributed by atoms with Crippen LogP contribution in [0.3, 0.4) is 0 Å². The number of aromatic amines is 1. The summed E-state index contributed by atoms with van der Waals surface area (Å²) in [5.74, 6) is 1.63. The quantitative estimate of drug-likeness (QED) is 0.920. The molecule has 0 spiro atoms. The fourth-order valence-corrected chi connectivity index (χ4v) is 4.27. The van der Waals surface area contributed by atoms with Crippen LogP contribution in [0.1, 0.15) is 59.4 Å². The van der Waals surface area contributed by atoms with Crippen LogP contribution in [-0.2, 0) is 11.2 Å². The van der Waals surface area contributed by atoms with E-state index in [1.54, 1.807) is 0 Å². The number of H-pyrrole nitrogens is 1. The standard InChI is InChI=1S/C20H25N3O/c1-13-5-3-6-15(11-13)16-9-10-23(12-16)20(24)17-7-4-8-18-19(17)22-14(2)21-18/h3,5-6,11,16-17H,4,7-10,12H2,1-2H3,(H,21,22). The second-order valence-corrected chi connectivity index (χ2v) is 7.31. The first-order chi connectivity index (χ1) is 11.6.